The van der Waals surface area contributed by atoms with Gasteiger partial charge in [0.2, 0.25) is 0 Å². The van der Waals surface area contributed by atoms with Gasteiger partial charge in [-0.15, -0.1) is 0 Å². The first-order valence-corrected chi connectivity index (χ1v) is 15.8. The molecule has 0 unspecified atom stereocenters. The summed E-state index contributed by atoms with van der Waals surface area (Å²) in [7, 11) is 4.46. The van der Waals surface area contributed by atoms with Crippen LogP contribution in [-0.2, 0) is 6.42 Å². The van der Waals surface area contributed by atoms with E-state index in [1.165, 1.54) is 67.3 Å². The number of benzene rings is 2. The predicted octanol–water partition coefficient (Wildman–Crippen LogP) is 7.30. The highest BCUT2D eigenvalue weighted by Gasteiger charge is 2.34. The van der Waals surface area contributed by atoms with Crippen LogP contribution >= 0.6 is 0 Å². The highest BCUT2D eigenvalue weighted by molar-refractivity contribution is 5.61. The number of likely N-dealkylation sites (N-methyl/N-ethyl adjacent to an activating group) is 1. The molecule has 2 fully saturated rings. The quantitative estimate of drug-likeness (QED) is 0.271. The number of piperidine rings is 1. The van der Waals surface area contributed by atoms with Crippen molar-refractivity contribution in [3.63, 3.8) is 0 Å². The second-order valence-electron chi connectivity index (χ2n) is 12.8. The highest BCUT2D eigenvalue weighted by atomic mass is 15.2. The van der Waals surface area contributed by atoms with Crippen LogP contribution in [0.2, 0.25) is 0 Å². The van der Waals surface area contributed by atoms with E-state index in [1.807, 2.05) is 6.20 Å². The first-order valence-electron chi connectivity index (χ1n) is 15.8. The molecule has 0 atom stereocenters. The summed E-state index contributed by atoms with van der Waals surface area (Å²) in [5.41, 5.74) is 7.72. The first-order chi connectivity index (χ1) is 19.9. The lowest BCUT2D eigenvalue weighted by Crippen LogP contribution is -2.52. The summed E-state index contributed by atoms with van der Waals surface area (Å²) in [6, 6.07) is 24.3. The summed E-state index contributed by atoms with van der Waals surface area (Å²) in [5, 5.41) is 3.68. The van der Waals surface area contributed by atoms with Crippen LogP contribution < -0.4 is 5.32 Å². The van der Waals surface area contributed by atoms with Crippen molar-refractivity contribution in [2.45, 2.75) is 69.7 Å². The molecule has 3 aromatic rings. The second-order valence-corrected chi connectivity index (χ2v) is 12.8. The molecule has 4 heteroatoms. The van der Waals surface area contributed by atoms with Crippen LogP contribution in [0.4, 0.5) is 0 Å². The van der Waals surface area contributed by atoms with Gasteiger partial charge in [-0.3, -0.25) is 4.98 Å². The van der Waals surface area contributed by atoms with Crippen molar-refractivity contribution >= 4 is 5.70 Å². The Kier molecular flexibility index (Phi) is 9.95. The van der Waals surface area contributed by atoms with E-state index in [0.717, 1.165) is 43.9 Å². The molecule has 1 aromatic heterocycles. The van der Waals surface area contributed by atoms with Crippen molar-refractivity contribution < 1.29 is 0 Å². The van der Waals surface area contributed by atoms with E-state index in [0.29, 0.717) is 11.8 Å². The number of hydrogen-bond acceptors (Lipinski definition) is 4. The Balaban J connectivity index is 1.14. The molecule has 0 bridgehead atoms. The highest BCUT2D eigenvalue weighted by Crippen LogP contribution is 2.33. The number of nitrogens with zero attached hydrogens (tertiary/aromatic N) is 3. The SMILES string of the molecule is C=C(NCC1(N(C)C)CCCCC1)c1cnc(CC2CCN(CC(c3ccccc3)c3ccccc3)CC2)c(C)c1. The minimum Gasteiger partial charge on any atom is -0.383 e. The first kappa shape index (κ1) is 29.5. The van der Waals surface area contributed by atoms with Gasteiger partial charge in [0.05, 0.1) is 0 Å². The van der Waals surface area contributed by atoms with Crippen LogP contribution in [-0.4, -0.2) is 60.6 Å². The minimum atomic E-state index is 0.237. The molecule has 1 N–H and O–H groups in total. The fraction of sp³-hybridized carbons (Fsp3) is 0.486. The molecule has 218 valence electrons. The number of aromatic nitrogens is 1. The third-order valence-electron chi connectivity index (χ3n) is 9.93. The van der Waals surface area contributed by atoms with Gasteiger partial charge in [-0.1, -0.05) is 86.5 Å². The summed E-state index contributed by atoms with van der Waals surface area (Å²) >= 11 is 0. The largest absolute Gasteiger partial charge is 0.383 e. The average Bonchev–Trinajstić information content (AvgIpc) is 3.01. The molecule has 1 aliphatic carbocycles. The van der Waals surface area contributed by atoms with Gasteiger partial charge in [0.15, 0.2) is 0 Å². The van der Waals surface area contributed by atoms with Crippen molar-refractivity contribution in [3.05, 3.63) is 107 Å². The van der Waals surface area contributed by atoms with Gasteiger partial charge in [-0.05, 0) is 94.9 Å². The molecule has 2 aliphatic rings. The van der Waals surface area contributed by atoms with Crippen LogP contribution in [0.15, 0.2) is 79.5 Å². The molecule has 5 rings (SSSR count). The smallest absolute Gasteiger partial charge is 0.0435 e. The number of aryl methyl sites for hydroxylation is 1. The fourth-order valence-electron chi connectivity index (χ4n) is 7.03. The van der Waals surface area contributed by atoms with E-state index in [4.69, 9.17) is 4.98 Å². The molecule has 1 saturated heterocycles. The molecule has 0 spiro atoms. The Hall–Kier alpha value is -2.95. The van der Waals surface area contributed by atoms with Crippen LogP contribution in [0, 0.1) is 12.8 Å². The lowest BCUT2D eigenvalue weighted by Gasteiger charge is -2.43. The Morgan fingerprint density at radius 3 is 2.15 bits per heavy atom. The van der Waals surface area contributed by atoms with Crippen LogP contribution in [0.1, 0.15) is 78.8 Å². The van der Waals surface area contributed by atoms with E-state index in [1.54, 1.807) is 0 Å². The van der Waals surface area contributed by atoms with E-state index in [9.17, 15) is 0 Å². The van der Waals surface area contributed by atoms with Gasteiger partial charge in [-0.25, -0.2) is 0 Å². The Labute approximate surface area is 248 Å². The Morgan fingerprint density at radius 1 is 0.976 bits per heavy atom. The second kappa shape index (κ2) is 13.8. The Morgan fingerprint density at radius 2 is 1.59 bits per heavy atom. The third-order valence-corrected chi connectivity index (χ3v) is 9.93. The molecule has 2 aromatic carbocycles. The van der Waals surface area contributed by atoms with Gasteiger partial charge in [0, 0.05) is 47.7 Å². The van der Waals surface area contributed by atoms with Crippen molar-refractivity contribution in [3.8, 4) is 0 Å². The number of rotatable bonds is 11. The molecule has 4 nitrogen and oxygen atoms in total. The maximum atomic E-state index is 4.96. The molecular weight excluding hydrogens is 500 g/mol. The standard InChI is InChI=1S/C37H50N4/c1-29-24-34(30(2)39-28-37(40(3)4)20-12-7-13-21-37)26-38-36(29)25-31-18-22-41(23-19-31)27-35(32-14-8-5-9-15-32)33-16-10-6-11-17-33/h5-6,8-11,14-17,24,26,31,35,39H,2,7,12-13,18-23,25,27-28H2,1,3-4H3. The van der Waals surface area contributed by atoms with E-state index >= 15 is 0 Å². The van der Waals surface area contributed by atoms with Crippen molar-refractivity contribution in [1.82, 2.24) is 20.1 Å². The normalized spacial score (nSPS) is 18.1. The summed E-state index contributed by atoms with van der Waals surface area (Å²) < 4.78 is 0. The Bertz CT molecular complexity index is 1200. The monoisotopic (exact) mass is 550 g/mol. The number of pyridine rings is 1. The lowest BCUT2D eigenvalue weighted by molar-refractivity contribution is 0.103. The lowest BCUT2D eigenvalue weighted by atomic mass is 9.80. The maximum Gasteiger partial charge on any atom is 0.0435 e. The molecular formula is C37H50N4. The zero-order chi connectivity index (χ0) is 28.7. The van der Waals surface area contributed by atoms with Gasteiger partial charge >= 0.3 is 0 Å². The van der Waals surface area contributed by atoms with E-state index < -0.39 is 0 Å². The molecule has 0 radical (unpaired) electrons. The van der Waals surface area contributed by atoms with E-state index in [2.05, 4.69) is 109 Å². The van der Waals surface area contributed by atoms with Gasteiger partial charge in [-0.2, -0.15) is 0 Å². The fourth-order valence-corrected chi connectivity index (χ4v) is 7.03. The summed E-state index contributed by atoms with van der Waals surface area (Å²) in [6.07, 6.45) is 12.1. The van der Waals surface area contributed by atoms with Gasteiger partial charge in [0.25, 0.3) is 0 Å². The van der Waals surface area contributed by atoms with Gasteiger partial charge in [0.1, 0.15) is 0 Å². The molecule has 2 heterocycles. The van der Waals surface area contributed by atoms with Crippen molar-refractivity contribution in [2.75, 3.05) is 40.3 Å². The van der Waals surface area contributed by atoms with Crippen LogP contribution in [0.5, 0.6) is 0 Å². The summed E-state index contributed by atoms with van der Waals surface area (Å²) in [6.45, 7) is 11.0. The van der Waals surface area contributed by atoms with Gasteiger partial charge < -0.3 is 15.1 Å². The van der Waals surface area contributed by atoms with Crippen molar-refractivity contribution in [1.29, 1.82) is 0 Å². The molecule has 41 heavy (non-hydrogen) atoms. The number of nitrogens with one attached hydrogen (secondary N) is 1. The summed E-state index contributed by atoms with van der Waals surface area (Å²) in [5.74, 6) is 1.11. The van der Waals surface area contributed by atoms with Crippen molar-refractivity contribution in [2.24, 2.45) is 5.92 Å². The zero-order valence-electron chi connectivity index (χ0n) is 25.6. The third kappa shape index (κ3) is 7.47. The maximum absolute atomic E-state index is 4.96. The minimum absolute atomic E-state index is 0.237. The molecule has 1 aliphatic heterocycles. The average molecular weight is 551 g/mol. The summed E-state index contributed by atoms with van der Waals surface area (Å²) in [4.78, 5) is 10.1. The number of likely N-dealkylation sites (tertiary alicyclic amines) is 1. The van der Waals surface area contributed by atoms with Crippen LogP contribution in [0.25, 0.3) is 5.70 Å². The zero-order valence-corrected chi connectivity index (χ0v) is 25.6. The predicted molar refractivity (Wildman–Crippen MR) is 173 cm³/mol. The topological polar surface area (TPSA) is 31.4 Å². The van der Waals surface area contributed by atoms with Crippen LogP contribution in [0.3, 0.4) is 0 Å². The van der Waals surface area contributed by atoms with E-state index in [-0.39, 0.29) is 5.54 Å². The molecule has 0 amide bonds. The number of hydrogen-bond donors (Lipinski definition) is 1. The molecule has 1 saturated carbocycles.